The summed E-state index contributed by atoms with van der Waals surface area (Å²) in [5.74, 6) is -2.39. The lowest BCUT2D eigenvalue weighted by atomic mass is 10.1. The molecule has 0 heterocycles. The van der Waals surface area contributed by atoms with Crippen LogP contribution in [0.4, 0.5) is 0 Å². The summed E-state index contributed by atoms with van der Waals surface area (Å²) in [4.78, 5) is 73.0. The number of phosphoric ester groups is 2. The van der Waals surface area contributed by atoms with Crippen LogP contribution in [0.25, 0.3) is 0 Å². The average molecular weight is 1520 g/mol. The van der Waals surface area contributed by atoms with Crippen LogP contribution < -0.4 is 0 Å². The van der Waals surface area contributed by atoms with Gasteiger partial charge in [-0.1, -0.05) is 267 Å². The molecule has 0 aromatic carbocycles. The summed E-state index contributed by atoms with van der Waals surface area (Å²) in [6, 6.07) is 0. The molecule has 0 aliphatic heterocycles. The number of aliphatic hydroxyl groups excluding tert-OH is 1. The van der Waals surface area contributed by atoms with Crippen molar-refractivity contribution >= 4 is 39.5 Å². The van der Waals surface area contributed by atoms with Gasteiger partial charge in [0.25, 0.3) is 0 Å². The number of ether oxygens (including phenoxy) is 4. The van der Waals surface area contributed by atoms with Gasteiger partial charge in [-0.3, -0.25) is 37.3 Å². The molecule has 3 N–H and O–H groups in total. The molecular formula is C87H138O17P2. The van der Waals surface area contributed by atoms with Crippen molar-refractivity contribution in [2.75, 3.05) is 39.6 Å². The third-order valence-electron chi connectivity index (χ3n) is 15.5. The molecule has 0 aliphatic rings. The van der Waals surface area contributed by atoms with E-state index in [1.807, 2.05) is 24.3 Å². The Morgan fingerprint density at radius 3 is 0.849 bits per heavy atom. The second-order valence-corrected chi connectivity index (χ2v) is 28.4. The van der Waals surface area contributed by atoms with Gasteiger partial charge in [0, 0.05) is 25.7 Å². The Morgan fingerprint density at radius 1 is 0.274 bits per heavy atom. The zero-order valence-electron chi connectivity index (χ0n) is 65.3. The molecule has 0 aromatic rings. The summed E-state index contributed by atoms with van der Waals surface area (Å²) in [6.07, 6.45) is 94.4. The van der Waals surface area contributed by atoms with Crippen LogP contribution in [-0.4, -0.2) is 96.7 Å². The highest BCUT2D eigenvalue weighted by molar-refractivity contribution is 7.47. The van der Waals surface area contributed by atoms with Crippen LogP contribution in [0, 0.1) is 0 Å². The lowest BCUT2D eigenvalue weighted by Crippen LogP contribution is -2.30. The number of unbranched alkanes of at least 4 members (excludes halogenated alkanes) is 14. The van der Waals surface area contributed by atoms with Crippen LogP contribution in [0.5, 0.6) is 0 Å². The summed E-state index contributed by atoms with van der Waals surface area (Å²) in [5.41, 5.74) is 0. The van der Waals surface area contributed by atoms with Gasteiger partial charge in [-0.25, -0.2) is 9.13 Å². The zero-order valence-corrected chi connectivity index (χ0v) is 67.1. The number of hydrogen-bond acceptors (Lipinski definition) is 15. The molecule has 0 radical (unpaired) electrons. The monoisotopic (exact) mass is 1520 g/mol. The van der Waals surface area contributed by atoms with E-state index in [4.69, 9.17) is 37.0 Å². The van der Waals surface area contributed by atoms with Crippen LogP contribution in [-0.2, 0) is 65.4 Å². The third kappa shape index (κ3) is 76.1. The van der Waals surface area contributed by atoms with Crippen molar-refractivity contribution in [2.45, 2.75) is 290 Å². The molecule has 5 atom stereocenters. The van der Waals surface area contributed by atoms with E-state index >= 15 is 0 Å². The van der Waals surface area contributed by atoms with E-state index in [0.29, 0.717) is 38.5 Å². The van der Waals surface area contributed by atoms with Crippen LogP contribution in [0.1, 0.15) is 272 Å². The fraction of sp³-hybridized carbons (Fsp3) is 0.586. The van der Waals surface area contributed by atoms with Gasteiger partial charge in [-0.05, 0) is 173 Å². The van der Waals surface area contributed by atoms with E-state index in [1.165, 1.54) is 25.7 Å². The standard InChI is InChI=1S/C87H138O17P2/c1-5-9-13-17-21-25-29-33-36-38-40-42-45-48-51-55-59-63-67-71-84(89)97-77-82(103-86(91)73-69-65-61-57-53-47-32-28-24-20-16-12-8-4)79-101-105(93,94)99-75-81(88)76-100-106(95,96)102-80-83(104-87(92)74-70-66-62-58-54-50-44-35-31-27-23-19-15-11-7-3)78-98-85(90)72-68-64-60-56-52-49-46-43-41-39-37-34-30-26-22-18-14-10-6-2/h9-11,13-15,21-23,25-28,32-37,40-44,48-49,51-52,54,58,60,64,81-83,88H,5-8,12,16-20,24,29-31,38-39,45-47,50,53,55-57,59,61-63,65-80H2,1-4H3,(H,93,94)(H,95,96)/b13-9-,14-10-,15-11-,25-21-,26-22-,27-23-,32-28-,36-33-,37-34-,42-40-,43-41-,44-35-,51-48-,52-49-,58-54-,64-60-. The molecule has 0 aromatic heterocycles. The van der Waals surface area contributed by atoms with E-state index in [9.17, 15) is 43.2 Å². The Balaban J connectivity index is 5.50. The van der Waals surface area contributed by atoms with Crippen molar-refractivity contribution < 1.29 is 80.2 Å². The van der Waals surface area contributed by atoms with Gasteiger partial charge < -0.3 is 33.8 Å². The maximum Gasteiger partial charge on any atom is 0.472 e. The highest BCUT2D eigenvalue weighted by Crippen LogP contribution is 2.45. The molecule has 106 heavy (non-hydrogen) atoms. The SMILES string of the molecule is CC/C=C\C/C=C\C/C=C\C/C=C\C/C=C\C/C=C\CCC(=O)OCC(COP(=O)(O)OCC(O)COP(=O)(O)OCC(COC(=O)CCCCC/C=C\C/C=C\C/C=C\C/C=C\C/C=C\CC)OC(=O)CCCCCCC/C=C\CCCCCC)OC(=O)CCCC/C=C\C/C=C\C/C=C\C/C=C\CC. The topological polar surface area (TPSA) is 237 Å². The first kappa shape index (κ1) is 99.9. The van der Waals surface area contributed by atoms with Gasteiger partial charge in [0.15, 0.2) is 12.2 Å². The molecule has 0 aliphatic carbocycles. The molecule has 0 spiro atoms. The second kappa shape index (κ2) is 77.1. The number of aliphatic hydroxyl groups is 1. The first-order chi connectivity index (χ1) is 51.7. The number of rotatable bonds is 72. The van der Waals surface area contributed by atoms with E-state index in [2.05, 4.69) is 198 Å². The largest absolute Gasteiger partial charge is 0.472 e. The molecule has 19 heteroatoms. The van der Waals surface area contributed by atoms with Gasteiger partial charge in [0.05, 0.1) is 26.4 Å². The van der Waals surface area contributed by atoms with Crippen molar-refractivity contribution in [1.82, 2.24) is 0 Å². The molecule has 5 unspecified atom stereocenters. The lowest BCUT2D eigenvalue weighted by Gasteiger charge is -2.21. The van der Waals surface area contributed by atoms with E-state index in [1.54, 1.807) is 0 Å². The number of carbonyl (C=O) groups is 4. The Bertz CT molecular complexity index is 2780. The normalized spacial score (nSPS) is 14.9. The highest BCUT2D eigenvalue weighted by atomic mass is 31.2. The maximum atomic E-state index is 13.1. The molecule has 0 rings (SSSR count). The predicted molar refractivity (Wildman–Crippen MR) is 436 cm³/mol. The van der Waals surface area contributed by atoms with E-state index in [0.717, 1.165) is 154 Å². The van der Waals surface area contributed by atoms with Crippen molar-refractivity contribution in [3.8, 4) is 0 Å². The van der Waals surface area contributed by atoms with Crippen molar-refractivity contribution in [3.63, 3.8) is 0 Å². The Hall–Kier alpha value is -6.10. The molecular weight excluding hydrogens is 1380 g/mol. The van der Waals surface area contributed by atoms with Gasteiger partial charge in [0.1, 0.15) is 19.3 Å². The zero-order chi connectivity index (χ0) is 77.4. The van der Waals surface area contributed by atoms with Crippen molar-refractivity contribution in [3.05, 3.63) is 194 Å². The number of hydrogen-bond donors (Lipinski definition) is 3. The highest BCUT2D eigenvalue weighted by Gasteiger charge is 2.30. The maximum absolute atomic E-state index is 13.1. The number of phosphoric acid groups is 2. The summed E-state index contributed by atoms with van der Waals surface area (Å²) in [7, 11) is -10.0. The summed E-state index contributed by atoms with van der Waals surface area (Å²) in [5, 5.41) is 10.6. The van der Waals surface area contributed by atoms with Crippen molar-refractivity contribution in [2.24, 2.45) is 0 Å². The van der Waals surface area contributed by atoms with Crippen molar-refractivity contribution in [1.29, 1.82) is 0 Å². The summed E-state index contributed by atoms with van der Waals surface area (Å²) >= 11 is 0. The molecule has 0 bridgehead atoms. The van der Waals surface area contributed by atoms with E-state index in [-0.39, 0.29) is 25.7 Å². The fourth-order valence-electron chi connectivity index (χ4n) is 9.61. The molecule has 0 fully saturated rings. The average Bonchev–Trinajstić information content (AvgIpc) is 0.933. The number of carbonyl (C=O) groups excluding carboxylic acids is 4. The molecule has 0 saturated carbocycles. The minimum Gasteiger partial charge on any atom is -0.462 e. The number of esters is 4. The molecule has 0 amide bonds. The Labute approximate surface area is 640 Å². The molecule has 0 saturated heterocycles. The van der Waals surface area contributed by atoms with Gasteiger partial charge in [0.2, 0.25) is 0 Å². The van der Waals surface area contributed by atoms with Crippen LogP contribution >= 0.6 is 15.6 Å². The predicted octanol–water partition coefficient (Wildman–Crippen LogP) is 23.3. The quantitative estimate of drug-likeness (QED) is 0.0169. The van der Waals surface area contributed by atoms with Gasteiger partial charge >= 0.3 is 39.5 Å². The number of allylic oxidation sites excluding steroid dienone is 32. The van der Waals surface area contributed by atoms with Crippen LogP contribution in [0.15, 0.2) is 194 Å². The minimum absolute atomic E-state index is 0.0181. The van der Waals surface area contributed by atoms with E-state index < -0.39 is 97.5 Å². The van der Waals surface area contributed by atoms with Crippen LogP contribution in [0.3, 0.4) is 0 Å². The molecule has 17 nitrogen and oxygen atoms in total. The summed E-state index contributed by atoms with van der Waals surface area (Å²) < 4.78 is 68.4. The fourth-order valence-corrected chi connectivity index (χ4v) is 11.2. The third-order valence-corrected chi connectivity index (χ3v) is 17.4. The van der Waals surface area contributed by atoms with Crippen LogP contribution in [0.2, 0.25) is 0 Å². The Morgan fingerprint density at radius 2 is 0.509 bits per heavy atom. The summed E-state index contributed by atoms with van der Waals surface area (Å²) in [6.45, 7) is 4.30. The second-order valence-electron chi connectivity index (χ2n) is 25.5. The van der Waals surface area contributed by atoms with Gasteiger partial charge in [-0.15, -0.1) is 0 Å². The minimum atomic E-state index is -5.02. The smallest absolute Gasteiger partial charge is 0.462 e. The van der Waals surface area contributed by atoms with Gasteiger partial charge in [-0.2, -0.15) is 0 Å². The first-order valence-corrected chi connectivity index (χ1v) is 42.7. The molecule has 598 valence electrons. The first-order valence-electron chi connectivity index (χ1n) is 39.7. The Kier molecular flexibility index (Phi) is 72.6. The lowest BCUT2D eigenvalue weighted by molar-refractivity contribution is -0.161.